The number of hydrogen-bond donors (Lipinski definition) is 0. The third kappa shape index (κ3) is 4.71. The molecular formula is C18H26ClN3O2. The molecule has 1 fully saturated rings. The van der Waals surface area contributed by atoms with Gasteiger partial charge in [-0.2, -0.15) is 0 Å². The first-order valence-electron chi connectivity index (χ1n) is 8.46. The number of halogens is 1. The van der Waals surface area contributed by atoms with Crippen LogP contribution in [0.5, 0.6) is 0 Å². The minimum absolute atomic E-state index is 0.0847. The normalized spacial score (nSPS) is 15.4. The van der Waals surface area contributed by atoms with Gasteiger partial charge < -0.3 is 14.7 Å². The fourth-order valence-corrected chi connectivity index (χ4v) is 3.07. The Morgan fingerprint density at radius 3 is 2.42 bits per heavy atom. The molecule has 6 heteroatoms. The van der Waals surface area contributed by atoms with Crippen LogP contribution in [-0.4, -0.2) is 60.9 Å². The van der Waals surface area contributed by atoms with Crippen molar-refractivity contribution in [3.05, 3.63) is 28.8 Å². The summed E-state index contributed by atoms with van der Waals surface area (Å²) in [6.07, 6.45) is 0.331. The van der Waals surface area contributed by atoms with E-state index in [1.807, 2.05) is 24.0 Å². The van der Waals surface area contributed by atoms with Crippen molar-refractivity contribution in [2.24, 2.45) is 0 Å². The highest BCUT2D eigenvalue weighted by atomic mass is 35.5. The predicted octanol–water partition coefficient (Wildman–Crippen LogP) is 2.56. The van der Waals surface area contributed by atoms with Gasteiger partial charge in [0.2, 0.25) is 11.8 Å². The highest BCUT2D eigenvalue weighted by Gasteiger charge is 2.21. The number of hydrogen-bond acceptors (Lipinski definition) is 3. The number of aryl methyl sites for hydroxylation is 1. The van der Waals surface area contributed by atoms with E-state index < -0.39 is 0 Å². The second-order valence-electron chi connectivity index (χ2n) is 6.17. The topological polar surface area (TPSA) is 43.9 Å². The summed E-state index contributed by atoms with van der Waals surface area (Å²) in [5.41, 5.74) is 1.70. The predicted molar refractivity (Wildman–Crippen MR) is 97.5 cm³/mol. The molecule has 1 aliphatic rings. The lowest BCUT2D eigenvalue weighted by Crippen LogP contribution is -2.49. The van der Waals surface area contributed by atoms with Gasteiger partial charge in [-0.05, 0) is 31.2 Å². The van der Waals surface area contributed by atoms with Crippen molar-refractivity contribution in [2.45, 2.75) is 27.2 Å². The summed E-state index contributed by atoms with van der Waals surface area (Å²) in [6, 6.07) is 5.54. The maximum absolute atomic E-state index is 12.4. The second-order valence-corrected chi connectivity index (χ2v) is 6.58. The number of nitrogens with zero attached hydrogens (tertiary/aromatic N) is 3. The number of likely N-dealkylation sites (N-methyl/N-ethyl adjacent to an activating group) is 1. The molecule has 0 aliphatic carbocycles. The van der Waals surface area contributed by atoms with Crippen molar-refractivity contribution in [1.29, 1.82) is 0 Å². The molecule has 2 rings (SSSR count). The quantitative estimate of drug-likeness (QED) is 0.819. The smallest absolute Gasteiger partial charge is 0.224 e. The zero-order chi connectivity index (χ0) is 17.7. The van der Waals surface area contributed by atoms with Crippen LogP contribution in [0.25, 0.3) is 0 Å². The average Bonchev–Trinajstić information content (AvgIpc) is 2.57. The Morgan fingerprint density at radius 1 is 1.21 bits per heavy atom. The van der Waals surface area contributed by atoms with Gasteiger partial charge in [0.05, 0.1) is 0 Å². The van der Waals surface area contributed by atoms with Gasteiger partial charge in [-0.25, -0.2) is 0 Å². The van der Waals surface area contributed by atoms with E-state index in [2.05, 4.69) is 11.8 Å². The molecule has 0 N–H and O–H groups in total. The molecule has 5 nitrogen and oxygen atoms in total. The van der Waals surface area contributed by atoms with Gasteiger partial charge in [0.25, 0.3) is 0 Å². The number of rotatable bonds is 5. The van der Waals surface area contributed by atoms with Crippen LogP contribution in [0.3, 0.4) is 0 Å². The molecule has 0 unspecified atom stereocenters. The maximum atomic E-state index is 12.4. The summed E-state index contributed by atoms with van der Waals surface area (Å²) in [7, 11) is 0. The fourth-order valence-electron chi connectivity index (χ4n) is 2.90. The highest BCUT2D eigenvalue weighted by Crippen LogP contribution is 2.23. The summed E-state index contributed by atoms with van der Waals surface area (Å²) in [4.78, 5) is 30.2. The Morgan fingerprint density at radius 2 is 1.88 bits per heavy atom. The van der Waals surface area contributed by atoms with E-state index in [0.29, 0.717) is 18.0 Å². The van der Waals surface area contributed by atoms with Gasteiger partial charge in [-0.1, -0.05) is 24.6 Å². The third-order valence-corrected chi connectivity index (χ3v) is 4.98. The Balaban J connectivity index is 1.95. The van der Waals surface area contributed by atoms with E-state index in [-0.39, 0.29) is 11.8 Å². The number of carbonyl (C=O) groups excluding carboxylic acids is 2. The molecule has 1 saturated heterocycles. The fraction of sp³-hybridized carbons (Fsp3) is 0.556. The van der Waals surface area contributed by atoms with E-state index >= 15 is 0 Å². The summed E-state index contributed by atoms with van der Waals surface area (Å²) >= 11 is 6.16. The highest BCUT2D eigenvalue weighted by molar-refractivity contribution is 6.31. The molecule has 1 heterocycles. The van der Waals surface area contributed by atoms with Crippen molar-refractivity contribution >= 4 is 29.1 Å². The SMILES string of the molecule is CCN1CCN(C(=O)CCN(C(C)=O)c2ccc(C)c(Cl)c2)CC1. The summed E-state index contributed by atoms with van der Waals surface area (Å²) < 4.78 is 0. The molecule has 0 spiro atoms. The molecule has 0 saturated carbocycles. The van der Waals surface area contributed by atoms with Crippen molar-refractivity contribution < 1.29 is 9.59 Å². The maximum Gasteiger partial charge on any atom is 0.224 e. The molecule has 1 aromatic rings. The number of piperazine rings is 1. The Labute approximate surface area is 149 Å². The van der Waals surface area contributed by atoms with Crippen LogP contribution in [0, 0.1) is 6.92 Å². The van der Waals surface area contributed by atoms with Gasteiger partial charge in [-0.15, -0.1) is 0 Å². The van der Waals surface area contributed by atoms with Gasteiger partial charge in [0.1, 0.15) is 0 Å². The molecule has 24 heavy (non-hydrogen) atoms. The van der Waals surface area contributed by atoms with E-state index in [1.165, 1.54) is 6.92 Å². The molecule has 0 bridgehead atoms. The van der Waals surface area contributed by atoms with Crippen LogP contribution in [0.2, 0.25) is 5.02 Å². The van der Waals surface area contributed by atoms with Crippen LogP contribution in [0.4, 0.5) is 5.69 Å². The number of carbonyl (C=O) groups is 2. The van der Waals surface area contributed by atoms with Crippen molar-refractivity contribution in [2.75, 3.05) is 44.2 Å². The first kappa shape index (κ1) is 18.7. The zero-order valence-corrected chi connectivity index (χ0v) is 15.5. The van der Waals surface area contributed by atoms with Crippen molar-refractivity contribution in [3.8, 4) is 0 Å². The van der Waals surface area contributed by atoms with Gasteiger partial charge in [0, 0.05) is 56.8 Å². The zero-order valence-electron chi connectivity index (χ0n) is 14.7. The Hall–Kier alpha value is -1.59. The molecule has 1 aliphatic heterocycles. The Kier molecular flexibility index (Phi) is 6.63. The van der Waals surface area contributed by atoms with Crippen molar-refractivity contribution in [1.82, 2.24) is 9.80 Å². The average molecular weight is 352 g/mol. The molecule has 0 atom stereocenters. The van der Waals surface area contributed by atoms with E-state index in [4.69, 9.17) is 11.6 Å². The number of benzene rings is 1. The van der Waals surface area contributed by atoms with Gasteiger partial charge >= 0.3 is 0 Å². The lowest BCUT2D eigenvalue weighted by Gasteiger charge is -2.34. The van der Waals surface area contributed by atoms with Crippen LogP contribution >= 0.6 is 11.6 Å². The molecule has 0 aromatic heterocycles. The van der Waals surface area contributed by atoms with Gasteiger partial charge in [-0.3, -0.25) is 9.59 Å². The van der Waals surface area contributed by atoms with E-state index in [1.54, 1.807) is 11.0 Å². The minimum Gasteiger partial charge on any atom is -0.340 e. The summed E-state index contributed by atoms with van der Waals surface area (Å²) in [6.45, 7) is 10.3. The van der Waals surface area contributed by atoms with E-state index in [9.17, 15) is 9.59 Å². The lowest BCUT2D eigenvalue weighted by atomic mass is 10.2. The summed E-state index contributed by atoms with van der Waals surface area (Å²) in [5.74, 6) is 0.0220. The molecule has 1 aromatic carbocycles. The summed E-state index contributed by atoms with van der Waals surface area (Å²) in [5, 5.41) is 0.626. The number of anilines is 1. The van der Waals surface area contributed by atoms with E-state index in [0.717, 1.165) is 44.0 Å². The second kappa shape index (κ2) is 8.49. The molecule has 132 valence electrons. The molecular weight excluding hydrogens is 326 g/mol. The van der Waals surface area contributed by atoms with Crippen LogP contribution in [0.15, 0.2) is 18.2 Å². The largest absolute Gasteiger partial charge is 0.340 e. The molecule has 2 amide bonds. The molecule has 0 radical (unpaired) electrons. The van der Waals surface area contributed by atoms with Gasteiger partial charge in [0.15, 0.2) is 0 Å². The Bertz CT molecular complexity index is 598. The first-order valence-corrected chi connectivity index (χ1v) is 8.84. The first-order chi connectivity index (χ1) is 11.4. The monoisotopic (exact) mass is 351 g/mol. The van der Waals surface area contributed by atoms with Crippen LogP contribution in [0.1, 0.15) is 25.8 Å². The number of amides is 2. The standard InChI is InChI=1S/C18H26ClN3O2/c1-4-20-9-11-21(12-10-20)18(24)7-8-22(15(3)23)16-6-5-14(2)17(19)13-16/h5-6,13H,4,7-12H2,1-3H3. The van der Waals surface area contributed by atoms with Crippen LogP contribution < -0.4 is 4.90 Å². The minimum atomic E-state index is -0.0847. The van der Waals surface area contributed by atoms with Crippen molar-refractivity contribution in [3.63, 3.8) is 0 Å². The third-order valence-electron chi connectivity index (χ3n) is 4.57. The lowest BCUT2D eigenvalue weighted by molar-refractivity contribution is -0.132. The van der Waals surface area contributed by atoms with Crippen LogP contribution in [-0.2, 0) is 9.59 Å².